The average Bonchev–Trinajstić information content (AvgIpc) is 2.58. The number of aliphatic carboxylic acids is 1. The summed E-state index contributed by atoms with van der Waals surface area (Å²) in [6.45, 7) is 5.74. The molecule has 1 atom stereocenters. The summed E-state index contributed by atoms with van der Waals surface area (Å²) in [7, 11) is 0. The van der Waals surface area contributed by atoms with E-state index < -0.39 is 11.5 Å². The Balaban J connectivity index is 2.65. The first-order valence-electron chi connectivity index (χ1n) is 5.53. The highest BCUT2D eigenvalue weighted by molar-refractivity contribution is 5.87. The van der Waals surface area contributed by atoms with E-state index in [9.17, 15) is 9.59 Å². The molecule has 0 saturated carbocycles. The van der Waals surface area contributed by atoms with Crippen LogP contribution in [0.5, 0.6) is 0 Å². The fourth-order valence-corrected chi connectivity index (χ4v) is 1.90. The van der Waals surface area contributed by atoms with Crippen molar-refractivity contribution in [1.29, 1.82) is 0 Å². The molecule has 5 heteroatoms. The van der Waals surface area contributed by atoms with Gasteiger partial charge >= 0.3 is 5.97 Å². The van der Waals surface area contributed by atoms with Crippen LogP contribution in [0.25, 0.3) is 0 Å². The van der Waals surface area contributed by atoms with E-state index in [1.54, 1.807) is 6.92 Å². The summed E-state index contributed by atoms with van der Waals surface area (Å²) < 4.78 is 5.20. The van der Waals surface area contributed by atoms with Crippen LogP contribution < -0.4 is 0 Å². The molecule has 0 aliphatic carbocycles. The van der Waals surface area contributed by atoms with E-state index in [4.69, 9.17) is 9.84 Å². The Morgan fingerprint density at radius 3 is 2.62 bits per heavy atom. The Bertz CT molecular complexity index is 290. The van der Waals surface area contributed by atoms with E-state index in [0.29, 0.717) is 13.0 Å². The second kappa shape index (κ2) is 4.82. The summed E-state index contributed by atoms with van der Waals surface area (Å²) in [5.41, 5.74) is -1.06. The van der Waals surface area contributed by atoms with Crippen molar-refractivity contribution in [2.45, 2.75) is 45.3 Å². The van der Waals surface area contributed by atoms with Crippen molar-refractivity contribution in [3.05, 3.63) is 0 Å². The molecule has 0 aromatic rings. The van der Waals surface area contributed by atoms with Gasteiger partial charge in [-0.1, -0.05) is 0 Å². The quantitative estimate of drug-likeness (QED) is 0.777. The number of amides is 1. The maximum atomic E-state index is 11.8. The van der Waals surface area contributed by atoms with E-state index >= 15 is 0 Å². The van der Waals surface area contributed by atoms with Gasteiger partial charge in [-0.2, -0.15) is 0 Å². The SMILES string of the molecule is CC(C)OCC(=O)N1CCCC1(C)C(=O)O. The van der Waals surface area contributed by atoms with Crippen LogP contribution in [0.4, 0.5) is 0 Å². The number of carboxylic acids is 1. The van der Waals surface area contributed by atoms with Crippen molar-refractivity contribution in [3.8, 4) is 0 Å². The van der Waals surface area contributed by atoms with Gasteiger partial charge in [0.25, 0.3) is 0 Å². The number of rotatable bonds is 4. The summed E-state index contributed by atoms with van der Waals surface area (Å²) in [6, 6.07) is 0. The van der Waals surface area contributed by atoms with E-state index in [0.717, 1.165) is 6.42 Å². The minimum Gasteiger partial charge on any atom is -0.480 e. The first-order chi connectivity index (χ1) is 7.38. The summed E-state index contributed by atoms with van der Waals surface area (Å²) >= 11 is 0. The first kappa shape index (κ1) is 13.0. The third-order valence-electron chi connectivity index (χ3n) is 2.94. The molecule has 1 heterocycles. The maximum Gasteiger partial charge on any atom is 0.329 e. The molecule has 1 N–H and O–H groups in total. The summed E-state index contributed by atoms with van der Waals surface area (Å²) in [5.74, 6) is -1.18. The zero-order chi connectivity index (χ0) is 12.3. The minimum absolute atomic E-state index is 0.0253. The topological polar surface area (TPSA) is 66.8 Å². The van der Waals surface area contributed by atoms with Gasteiger partial charge in [-0.3, -0.25) is 4.79 Å². The van der Waals surface area contributed by atoms with Crippen LogP contribution in [0.2, 0.25) is 0 Å². The van der Waals surface area contributed by atoms with Crippen LogP contribution in [-0.2, 0) is 14.3 Å². The number of carbonyl (C=O) groups excluding carboxylic acids is 1. The third kappa shape index (κ3) is 2.52. The van der Waals surface area contributed by atoms with Crippen LogP contribution >= 0.6 is 0 Å². The number of likely N-dealkylation sites (tertiary alicyclic amines) is 1. The number of carbonyl (C=O) groups is 2. The Labute approximate surface area is 95.4 Å². The fourth-order valence-electron chi connectivity index (χ4n) is 1.90. The number of nitrogens with zero attached hydrogens (tertiary/aromatic N) is 1. The van der Waals surface area contributed by atoms with Gasteiger partial charge in [0.05, 0.1) is 6.10 Å². The lowest BCUT2D eigenvalue weighted by Crippen LogP contribution is -2.52. The fraction of sp³-hybridized carbons (Fsp3) is 0.818. The van der Waals surface area contributed by atoms with Gasteiger partial charge in [0.2, 0.25) is 5.91 Å². The molecule has 5 nitrogen and oxygen atoms in total. The number of hydrogen-bond donors (Lipinski definition) is 1. The molecule has 1 rings (SSSR count). The predicted molar refractivity (Wildman–Crippen MR) is 58.1 cm³/mol. The van der Waals surface area contributed by atoms with Gasteiger partial charge in [-0.25, -0.2) is 4.79 Å². The van der Waals surface area contributed by atoms with Crippen LogP contribution in [0.3, 0.4) is 0 Å². The molecule has 1 fully saturated rings. The van der Waals surface area contributed by atoms with Gasteiger partial charge in [-0.15, -0.1) is 0 Å². The predicted octanol–water partition coefficient (Wildman–Crippen LogP) is 0.877. The van der Waals surface area contributed by atoms with Crippen LogP contribution in [-0.4, -0.2) is 46.7 Å². The molecule has 16 heavy (non-hydrogen) atoms. The van der Waals surface area contributed by atoms with Gasteiger partial charge in [0, 0.05) is 6.54 Å². The molecular formula is C11H19NO4. The Kier molecular flexibility index (Phi) is 3.91. The van der Waals surface area contributed by atoms with Crippen molar-refractivity contribution in [2.75, 3.05) is 13.2 Å². The van der Waals surface area contributed by atoms with Gasteiger partial charge in [-0.05, 0) is 33.6 Å². The lowest BCUT2D eigenvalue weighted by molar-refractivity contribution is -0.157. The van der Waals surface area contributed by atoms with E-state index in [1.807, 2.05) is 13.8 Å². The largest absolute Gasteiger partial charge is 0.480 e. The molecule has 0 bridgehead atoms. The van der Waals surface area contributed by atoms with Gasteiger partial charge in [0.1, 0.15) is 12.1 Å². The molecule has 0 aromatic carbocycles. The normalized spacial score (nSPS) is 25.1. The lowest BCUT2D eigenvalue weighted by atomic mass is 9.99. The van der Waals surface area contributed by atoms with Gasteiger partial charge < -0.3 is 14.7 Å². The molecule has 1 unspecified atom stereocenters. The highest BCUT2D eigenvalue weighted by Crippen LogP contribution is 2.29. The van der Waals surface area contributed by atoms with Crippen molar-refractivity contribution >= 4 is 11.9 Å². The highest BCUT2D eigenvalue weighted by Gasteiger charge is 2.45. The van der Waals surface area contributed by atoms with Crippen LogP contribution in [0.15, 0.2) is 0 Å². The standard InChI is InChI=1S/C11H19NO4/c1-8(2)16-7-9(13)12-6-4-5-11(12,3)10(14)15/h8H,4-7H2,1-3H3,(H,14,15). The van der Waals surface area contributed by atoms with E-state index in [2.05, 4.69) is 0 Å². The van der Waals surface area contributed by atoms with Crippen LogP contribution in [0.1, 0.15) is 33.6 Å². The number of ether oxygens (including phenoxy) is 1. The van der Waals surface area contributed by atoms with Gasteiger partial charge in [0.15, 0.2) is 0 Å². The molecule has 1 aliphatic heterocycles. The van der Waals surface area contributed by atoms with Crippen molar-refractivity contribution < 1.29 is 19.4 Å². The Hall–Kier alpha value is -1.10. The molecule has 1 aliphatic rings. The Morgan fingerprint density at radius 1 is 1.50 bits per heavy atom. The van der Waals surface area contributed by atoms with Crippen molar-refractivity contribution in [3.63, 3.8) is 0 Å². The average molecular weight is 229 g/mol. The second-order valence-electron chi connectivity index (χ2n) is 4.59. The molecule has 0 aromatic heterocycles. The van der Waals surface area contributed by atoms with Crippen molar-refractivity contribution in [1.82, 2.24) is 4.90 Å². The zero-order valence-electron chi connectivity index (χ0n) is 10.0. The second-order valence-corrected chi connectivity index (χ2v) is 4.59. The minimum atomic E-state index is -1.06. The molecule has 0 spiro atoms. The molecular weight excluding hydrogens is 210 g/mol. The monoisotopic (exact) mass is 229 g/mol. The number of carboxylic acid groups (broad SMARTS) is 1. The summed E-state index contributed by atoms with van der Waals surface area (Å²) in [6.07, 6.45) is 1.22. The molecule has 0 radical (unpaired) electrons. The van der Waals surface area contributed by atoms with E-state index in [1.165, 1.54) is 4.90 Å². The molecule has 1 amide bonds. The Morgan fingerprint density at radius 2 is 2.12 bits per heavy atom. The maximum absolute atomic E-state index is 11.8. The molecule has 1 saturated heterocycles. The summed E-state index contributed by atoms with van der Waals surface area (Å²) in [5, 5.41) is 9.13. The molecule has 92 valence electrons. The zero-order valence-corrected chi connectivity index (χ0v) is 10.0. The highest BCUT2D eigenvalue weighted by atomic mass is 16.5. The smallest absolute Gasteiger partial charge is 0.329 e. The lowest BCUT2D eigenvalue weighted by Gasteiger charge is -2.31. The number of hydrogen-bond acceptors (Lipinski definition) is 3. The van der Waals surface area contributed by atoms with Crippen LogP contribution in [0, 0.1) is 0 Å². The third-order valence-corrected chi connectivity index (χ3v) is 2.94. The first-order valence-corrected chi connectivity index (χ1v) is 5.53. The van der Waals surface area contributed by atoms with E-state index in [-0.39, 0.29) is 18.6 Å². The van der Waals surface area contributed by atoms with Crippen molar-refractivity contribution in [2.24, 2.45) is 0 Å². The summed E-state index contributed by atoms with van der Waals surface area (Å²) in [4.78, 5) is 24.4.